The molecule has 0 fully saturated rings. The predicted octanol–water partition coefficient (Wildman–Crippen LogP) is 0.0633. The van der Waals surface area contributed by atoms with E-state index >= 15 is 0 Å². The lowest BCUT2D eigenvalue weighted by Crippen LogP contribution is -2.34. The maximum absolute atomic E-state index is 12.0. The van der Waals surface area contributed by atoms with Crippen LogP contribution in [-0.2, 0) is 21.3 Å². The fourth-order valence-corrected chi connectivity index (χ4v) is 3.69. The molecule has 1 aromatic heterocycles. The molecule has 0 aliphatic carbocycles. The van der Waals surface area contributed by atoms with Crippen LogP contribution >= 0.6 is 11.3 Å². The highest BCUT2D eigenvalue weighted by atomic mass is 32.2. The fourth-order valence-electron chi connectivity index (χ4n) is 1.40. The van der Waals surface area contributed by atoms with Gasteiger partial charge in [-0.1, -0.05) is 0 Å². The molecule has 0 unspecified atom stereocenters. The van der Waals surface area contributed by atoms with Crippen molar-refractivity contribution in [3.63, 3.8) is 0 Å². The van der Waals surface area contributed by atoms with E-state index in [4.69, 9.17) is 10.5 Å². The number of likely N-dealkylation sites (N-methyl/N-ethyl adjacent to an activating group) is 1. The molecule has 0 amide bonds. The van der Waals surface area contributed by atoms with Crippen molar-refractivity contribution in [3.05, 3.63) is 17.0 Å². The van der Waals surface area contributed by atoms with Crippen LogP contribution in [0.4, 0.5) is 0 Å². The van der Waals surface area contributed by atoms with Crippen LogP contribution in [0.25, 0.3) is 0 Å². The molecule has 0 bridgehead atoms. The molecule has 1 heterocycles. The molecule has 6 nitrogen and oxygen atoms in total. The van der Waals surface area contributed by atoms with Gasteiger partial charge in [0.05, 0.1) is 6.61 Å². The minimum atomic E-state index is -3.41. The van der Waals surface area contributed by atoms with Gasteiger partial charge in [-0.25, -0.2) is 13.1 Å². The zero-order valence-corrected chi connectivity index (χ0v) is 12.9. The van der Waals surface area contributed by atoms with E-state index in [0.29, 0.717) is 30.5 Å². The maximum Gasteiger partial charge on any atom is 0.250 e. The van der Waals surface area contributed by atoms with Crippen LogP contribution in [0.3, 0.4) is 0 Å². The first-order chi connectivity index (χ1) is 8.99. The molecule has 3 N–H and O–H groups in total. The molecule has 0 aromatic carbocycles. The van der Waals surface area contributed by atoms with Crippen LogP contribution in [0, 0.1) is 0 Å². The van der Waals surface area contributed by atoms with Gasteiger partial charge in [-0.2, -0.15) is 0 Å². The second kappa shape index (κ2) is 7.93. The molecule has 8 heteroatoms. The Morgan fingerprint density at radius 2 is 2.21 bits per heavy atom. The number of hydrogen-bond donors (Lipinski definition) is 2. The first kappa shape index (κ1) is 16.5. The second-order valence-corrected chi connectivity index (χ2v) is 7.08. The Hall–Kier alpha value is -0.510. The lowest BCUT2D eigenvalue weighted by Gasteiger charge is -2.15. The highest BCUT2D eigenvalue weighted by Crippen LogP contribution is 2.19. The predicted molar refractivity (Wildman–Crippen MR) is 76.8 cm³/mol. The van der Waals surface area contributed by atoms with Gasteiger partial charge in [0.1, 0.15) is 4.21 Å². The molecule has 19 heavy (non-hydrogen) atoms. The molecular formula is C11H21N3O3S2. The van der Waals surface area contributed by atoms with Crippen molar-refractivity contribution in [2.75, 3.05) is 40.4 Å². The summed E-state index contributed by atoms with van der Waals surface area (Å²) < 4.78 is 31.8. The normalized spacial score (nSPS) is 12.2. The zero-order valence-electron chi connectivity index (χ0n) is 11.3. The molecule has 0 aliphatic rings. The van der Waals surface area contributed by atoms with Crippen molar-refractivity contribution in [1.82, 2.24) is 9.62 Å². The standard InChI is InChI=1S/C11H21N3O3S2/c1-14(5-6-17-2)4-3-13-19(15,16)11-7-10(8-12)9-18-11/h7,9,13H,3-6,8,12H2,1-2H3. The monoisotopic (exact) mass is 307 g/mol. The number of nitrogens with zero attached hydrogens (tertiary/aromatic N) is 1. The molecule has 1 aromatic rings. The van der Waals surface area contributed by atoms with Gasteiger partial charge in [0.15, 0.2) is 0 Å². The molecule has 1 rings (SSSR count). The molecular weight excluding hydrogens is 286 g/mol. The Labute approximate surface area is 118 Å². The number of hydrogen-bond acceptors (Lipinski definition) is 6. The van der Waals surface area contributed by atoms with E-state index in [1.165, 1.54) is 11.3 Å². The summed E-state index contributed by atoms with van der Waals surface area (Å²) in [5.74, 6) is 0. The van der Waals surface area contributed by atoms with E-state index in [1.807, 2.05) is 11.9 Å². The summed E-state index contributed by atoms with van der Waals surface area (Å²) >= 11 is 1.19. The van der Waals surface area contributed by atoms with Crippen molar-refractivity contribution in [3.8, 4) is 0 Å². The quantitative estimate of drug-likeness (QED) is 0.674. The van der Waals surface area contributed by atoms with E-state index in [2.05, 4.69) is 4.72 Å². The van der Waals surface area contributed by atoms with Crippen LogP contribution in [0.5, 0.6) is 0 Å². The number of nitrogens with two attached hydrogens (primary N) is 1. The van der Waals surface area contributed by atoms with E-state index in [-0.39, 0.29) is 0 Å². The molecule has 0 aliphatic heterocycles. The molecule has 0 saturated heterocycles. The van der Waals surface area contributed by atoms with Crippen LogP contribution < -0.4 is 10.5 Å². The van der Waals surface area contributed by atoms with Gasteiger partial charge in [-0.3, -0.25) is 0 Å². The molecule has 110 valence electrons. The minimum Gasteiger partial charge on any atom is -0.383 e. The summed E-state index contributed by atoms with van der Waals surface area (Å²) in [6.07, 6.45) is 0. The molecule has 0 saturated carbocycles. The van der Waals surface area contributed by atoms with E-state index in [9.17, 15) is 8.42 Å². The largest absolute Gasteiger partial charge is 0.383 e. The molecule has 0 atom stereocenters. The van der Waals surface area contributed by atoms with Gasteiger partial charge in [0.2, 0.25) is 10.0 Å². The Morgan fingerprint density at radius 1 is 1.47 bits per heavy atom. The van der Waals surface area contributed by atoms with Gasteiger partial charge in [0.25, 0.3) is 0 Å². The highest BCUT2D eigenvalue weighted by molar-refractivity contribution is 7.91. The molecule has 0 radical (unpaired) electrons. The summed E-state index contributed by atoms with van der Waals surface area (Å²) in [6, 6.07) is 1.61. The van der Waals surface area contributed by atoms with Crippen molar-refractivity contribution in [2.24, 2.45) is 5.73 Å². The lowest BCUT2D eigenvalue weighted by atomic mass is 10.4. The number of ether oxygens (including phenoxy) is 1. The van der Waals surface area contributed by atoms with Crippen LogP contribution in [0.1, 0.15) is 5.56 Å². The average molecular weight is 307 g/mol. The van der Waals surface area contributed by atoms with Crippen molar-refractivity contribution >= 4 is 21.4 Å². The van der Waals surface area contributed by atoms with Crippen LogP contribution in [0.2, 0.25) is 0 Å². The van der Waals surface area contributed by atoms with Crippen LogP contribution in [-0.4, -0.2) is 53.7 Å². The summed E-state index contributed by atoms with van der Waals surface area (Å²) in [5.41, 5.74) is 6.30. The van der Waals surface area contributed by atoms with E-state index < -0.39 is 10.0 Å². The number of rotatable bonds is 9. The Kier molecular flexibility index (Phi) is 6.90. The topological polar surface area (TPSA) is 84.7 Å². The van der Waals surface area contributed by atoms with Crippen molar-refractivity contribution in [2.45, 2.75) is 10.8 Å². The van der Waals surface area contributed by atoms with Crippen molar-refractivity contribution in [1.29, 1.82) is 0 Å². The number of sulfonamides is 1. The summed E-state index contributed by atoms with van der Waals surface area (Å²) in [4.78, 5) is 2.01. The lowest BCUT2D eigenvalue weighted by molar-refractivity contribution is 0.162. The minimum absolute atomic E-state index is 0.312. The van der Waals surface area contributed by atoms with Gasteiger partial charge in [0, 0.05) is 33.3 Å². The SMILES string of the molecule is COCCN(C)CCNS(=O)(=O)c1cc(CN)cs1. The Balaban J connectivity index is 2.43. The summed E-state index contributed by atoms with van der Waals surface area (Å²) in [5, 5.41) is 1.76. The third-order valence-corrected chi connectivity index (χ3v) is 5.54. The van der Waals surface area contributed by atoms with E-state index in [0.717, 1.165) is 12.1 Å². The highest BCUT2D eigenvalue weighted by Gasteiger charge is 2.16. The van der Waals surface area contributed by atoms with Gasteiger partial charge >= 0.3 is 0 Å². The smallest absolute Gasteiger partial charge is 0.250 e. The maximum atomic E-state index is 12.0. The van der Waals surface area contributed by atoms with Gasteiger partial charge in [-0.15, -0.1) is 11.3 Å². The Bertz CT molecular complexity index is 473. The third-order valence-electron chi connectivity index (χ3n) is 2.59. The van der Waals surface area contributed by atoms with Gasteiger partial charge < -0.3 is 15.4 Å². The Morgan fingerprint density at radius 3 is 2.79 bits per heavy atom. The number of methoxy groups -OCH3 is 1. The summed E-state index contributed by atoms with van der Waals surface area (Å²) in [7, 11) is 0.152. The van der Waals surface area contributed by atoms with Crippen LogP contribution in [0.15, 0.2) is 15.7 Å². The fraction of sp³-hybridized carbons (Fsp3) is 0.636. The number of nitrogens with one attached hydrogen (secondary N) is 1. The zero-order chi connectivity index (χ0) is 14.3. The van der Waals surface area contributed by atoms with E-state index in [1.54, 1.807) is 18.6 Å². The average Bonchev–Trinajstić information content (AvgIpc) is 2.85. The second-order valence-electron chi connectivity index (χ2n) is 4.17. The third kappa shape index (κ3) is 5.55. The first-order valence-corrected chi connectivity index (χ1v) is 8.30. The summed E-state index contributed by atoms with van der Waals surface area (Å²) in [6.45, 7) is 2.77. The first-order valence-electron chi connectivity index (χ1n) is 5.94. The van der Waals surface area contributed by atoms with Gasteiger partial charge in [-0.05, 0) is 24.1 Å². The van der Waals surface area contributed by atoms with Crippen molar-refractivity contribution < 1.29 is 13.2 Å². The molecule has 0 spiro atoms. The number of thiophene rings is 1.